The van der Waals surface area contributed by atoms with Gasteiger partial charge in [-0.15, -0.1) is 0 Å². The van der Waals surface area contributed by atoms with Crippen LogP contribution in [0.3, 0.4) is 0 Å². The minimum Gasteiger partial charge on any atom is -0.325 e. The number of rotatable bonds is 0. The van der Waals surface area contributed by atoms with Crippen molar-refractivity contribution in [3.63, 3.8) is 0 Å². The normalized spacial score (nSPS) is 44.9. The molecule has 3 rings (SSSR count). The molecule has 2 bridgehead atoms. The van der Waals surface area contributed by atoms with Crippen LogP contribution in [-0.4, -0.2) is 11.7 Å². The third kappa shape index (κ3) is 1.50. The molecule has 1 unspecified atom stereocenters. The van der Waals surface area contributed by atoms with Crippen molar-refractivity contribution in [2.45, 2.75) is 31.7 Å². The Morgan fingerprint density at radius 2 is 1.91 bits per heavy atom. The number of carbonyl (C=O) groups excluding carboxylic acids is 2. The van der Waals surface area contributed by atoms with Gasteiger partial charge in [0.05, 0.1) is 0 Å². The predicted molar refractivity (Wildman–Crippen MR) is 38.4 cm³/mol. The van der Waals surface area contributed by atoms with E-state index in [1.165, 1.54) is 19.3 Å². The molecular weight excluding hydrogens is 142 g/mol. The highest BCUT2D eigenvalue weighted by Crippen LogP contribution is 2.53. The molecule has 0 spiro atoms. The van der Waals surface area contributed by atoms with Crippen LogP contribution >= 0.6 is 0 Å². The minimum atomic E-state index is 0.227. The maximum atomic E-state index is 8.12. The van der Waals surface area contributed by atoms with E-state index in [-0.39, 0.29) is 11.7 Å². The maximum absolute atomic E-state index is 8.12. The van der Waals surface area contributed by atoms with Crippen LogP contribution in [0.4, 0.5) is 0 Å². The SMILES string of the molecule is CC1(N)CC2CC1C2.O=C=O. The quantitative estimate of drug-likeness (QED) is 0.555. The lowest BCUT2D eigenvalue weighted by molar-refractivity contribution is -0.191. The van der Waals surface area contributed by atoms with Gasteiger partial charge in [-0.25, -0.2) is 0 Å². The summed E-state index contributed by atoms with van der Waals surface area (Å²) >= 11 is 0. The first-order valence-corrected chi connectivity index (χ1v) is 3.88. The first-order valence-electron chi connectivity index (χ1n) is 3.88. The predicted octanol–water partition coefficient (Wildman–Crippen LogP) is 0.550. The van der Waals surface area contributed by atoms with Crippen LogP contribution in [0.2, 0.25) is 0 Å². The van der Waals surface area contributed by atoms with Gasteiger partial charge in [0.25, 0.3) is 0 Å². The summed E-state index contributed by atoms with van der Waals surface area (Å²) in [7, 11) is 0. The maximum Gasteiger partial charge on any atom is 0.373 e. The molecule has 1 atom stereocenters. The van der Waals surface area contributed by atoms with Gasteiger partial charge in [0.15, 0.2) is 0 Å². The van der Waals surface area contributed by atoms with Crippen molar-refractivity contribution in [2.75, 3.05) is 0 Å². The Kier molecular flexibility index (Phi) is 2.12. The molecule has 2 N–H and O–H groups in total. The van der Waals surface area contributed by atoms with Crippen LogP contribution in [0.15, 0.2) is 0 Å². The van der Waals surface area contributed by atoms with E-state index in [1.807, 2.05) is 0 Å². The van der Waals surface area contributed by atoms with E-state index in [2.05, 4.69) is 6.92 Å². The monoisotopic (exact) mass is 155 g/mol. The molecule has 3 aliphatic carbocycles. The van der Waals surface area contributed by atoms with E-state index in [1.54, 1.807) is 0 Å². The Hall–Kier alpha value is -0.660. The first-order chi connectivity index (χ1) is 5.10. The lowest BCUT2D eigenvalue weighted by atomic mass is 9.81. The summed E-state index contributed by atoms with van der Waals surface area (Å²) in [4.78, 5) is 16.2. The Bertz CT molecular complexity index is 177. The number of fused-ring (bicyclic) bond motifs is 1. The van der Waals surface area contributed by atoms with Gasteiger partial charge in [-0.1, -0.05) is 0 Å². The second kappa shape index (κ2) is 2.76. The molecule has 0 aliphatic heterocycles. The van der Waals surface area contributed by atoms with E-state index < -0.39 is 0 Å². The van der Waals surface area contributed by atoms with Crippen LogP contribution in [0.5, 0.6) is 0 Å². The molecule has 0 aromatic heterocycles. The van der Waals surface area contributed by atoms with Crippen molar-refractivity contribution in [1.82, 2.24) is 0 Å². The average Bonchev–Trinajstić information content (AvgIpc) is 2.17. The Labute approximate surface area is 66.0 Å². The Balaban J connectivity index is 0.000000179. The third-order valence-electron chi connectivity index (χ3n) is 2.90. The van der Waals surface area contributed by atoms with Crippen LogP contribution < -0.4 is 5.73 Å². The zero-order valence-corrected chi connectivity index (χ0v) is 6.67. The number of hydrogen-bond acceptors (Lipinski definition) is 3. The van der Waals surface area contributed by atoms with Gasteiger partial charge >= 0.3 is 6.15 Å². The molecule has 0 amide bonds. The third-order valence-corrected chi connectivity index (χ3v) is 2.90. The zero-order chi connectivity index (χ0) is 8.48. The molecule has 62 valence electrons. The molecule has 0 radical (unpaired) electrons. The molecule has 0 heterocycles. The van der Waals surface area contributed by atoms with Crippen LogP contribution in [-0.2, 0) is 9.59 Å². The molecule has 0 saturated heterocycles. The number of nitrogens with two attached hydrogens (primary N) is 1. The molecule has 3 fully saturated rings. The molecule has 0 aromatic rings. The Morgan fingerprint density at radius 1 is 1.45 bits per heavy atom. The molecule has 3 heteroatoms. The van der Waals surface area contributed by atoms with Crippen molar-refractivity contribution < 1.29 is 9.59 Å². The van der Waals surface area contributed by atoms with Gasteiger partial charge in [0.2, 0.25) is 0 Å². The van der Waals surface area contributed by atoms with Crippen LogP contribution in [0.1, 0.15) is 26.2 Å². The second-order valence-corrected chi connectivity index (χ2v) is 3.83. The lowest BCUT2D eigenvalue weighted by Crippen LogP contribution is -2.38. The van der Waals surface area contributed by atoms with E-state index in [9.17, 15) is 0 Å². The minimum absolute atomic E-state index is 0.227. The fraction of sp³-hybridized carbons (Fsp3) is 0.875. The molecule has 3 saturated carbocycles. The second-order valence-electron chi connectivity index (χ2n) is 3.83. The van der Waals surface area contributed by atoms with E-state index in [0.717, 1.165) is 11.8 Å². The fourth-order valence-corrected chi connectivity index (χ4v) is 2.23. The smallest absolute Gasteiger partial charge is 0.325 e. The highest BCUT2D eigenvalue weighted by molar-refractivity contribution is 5.20. The van der Waals surface area contributed by atoms with Gasteiger partial charge in [0, 0.05) is 5.54 Å². The Morgan fingerprint density at radius 3 is 2.00 bits per heavy atom. The fourth-order valence-electron chi connectivity index (χ4n) is 2.23. The van der Waals surface area contributed by atoms with Crippen molar-refractivity contribution in [1.29, 1.82) is 0 Å². The molecule has 3 aliphatic rings. The summed E-state index contributed by atoms with van der Waals surface area (Å²) in [5.74, 6) is 1.89. The first kappa shape index (κ1) is 8.44. The summed E-state index contributed by atoms with van der Waals surface area (Å²) in [6, 6.07) is 0. The van der Waals surface area contributed by atoms with E-state index >= 15 is 0 Å². The summed E-state index contributed by atoms with van der Waals surface area (Å²) in [5, 5.41) is 0. The van der Waals surface area contributed by atoms with Crippen molar-refractivity contribution >= 4 is 6.15 Å². The number of hydrogen-bond donors (Lipinski definition) is 1. The largest absolute Gasteiger partial charge is 0.373 e. The van der Waals surface area contributed by atoms with Crippen molar-refractivity contribution in [3.8, 4) is 0 Å². The van der Waals surface area contributed by atoms with Gasteiger partial charge in [-0.2, -0.15) is 9.59 Å². The van der Waals surface area contributed by atoms with Gasteiger partial charge in [-0.05, 0) is 38.0 Å². The highest BCUT2D eigenvalue weighted by atomic mass is 16.2. The van der Waals surface area contributed by atoms with Crippen LogP contribution in [0.25, 0.3) is 0 Å². The topological polar surface area (TPSA) is 60.2 Å². The molecule has 3 nitrogen and oxygen atoms in total. The van der Waals surface area contributed by atoms with Crippen LogP contribution in [0, 0.1) is 11.8 Å². The van der Waals surface area contributed by atoms with Gasteiger partial charge in [-0.3, -0.25) is 0 Å². The van der Waals surface area contributed by atoms with E-state index in [0.29, 0.717) is 0 Å². The summed E-state index contributed by atoms with van der Waals surface area (Å²) in [5.41, 5.74) is 6.19. The zero-order valence-electron chi connectivity index (χ0n) is 6.67. The molecule has 0 aromatic carbocycles. The van der Waals surface area contributed by atoms with Crippen molar-refractivity contribution in [2.24, 2.45) is 17.6 Å². The van der Waals surface area contributed by atoms with Gasteiger partial charge < -0.3 is 5.73 Å². The van der Waals surface area contributed by atoms with E-state index in [4.69, 9.17) is 15.3 Å². The average molecular weight is 155 g/mol. The molecule has 11 heavy (non-hydrogen) atoms. The summed E-state index contributed by atoms with van der Waals surface area (Å²) in [6.45, 7) is 2.20. The standard InChI is InChI=1S/C7H13N.CO2/c1-7(8)4-5-2-6(7)3-5;2-1-3/h5-6H,2-4,8H2,1H3;. The highest BCUT2D eigenvalue weighted by Gasteiger charge is 2.49. The molecular formula is C8H13NO2. The summed E-state index contributed by atoms with van der Waals surface area (Å²) in [6.07, 6.45) is 4.39. The lowest BCUT2D eigenvalue weighted by Gasteiger charge is -2.28. The van der Waals surface area contributed by atoms with Gasteiger partial charge in [0.1, 0.15) is 0 Å². The summed E-state index contributed by atoms with van der Waals surface area (Å²) < 4.78 is 0. The van der Waals surface area contributed by atoms with Crippen molar-refractivity contribution in [3.05, 3.63) is 0 Å².